The number of fused-ring (bicyclic) bond motifs is 4. The number of hydrogen-bond donors (Lipinski definition) is 0. The molecule has 9 aromatic rings. The Morgan fingerprint density at radius 1 is 0.447 bits per heavy atom. The van der Waals surface area contributed by atoms with E-state index < -0.39 is 172 Å². The van der Waals surface area contributed by atoms with Crippen LogP contribution >= 0.6 is 0 Å². The molecule has 0 radical (unpaired) electrons. The van der Waals surface area contributed by atoms with Gasteiger partial charge in [-0.1, -0.05) is 139 Å². The highest BCUT2D eigenvalue weighted by atomic mass is 16.3. The second-order valence-corrected chi connectivity index (χ2v) is 10.1. The lowest BCUT2D eigenvalue weighted by Gasteiger charge is -2.12. The first-order valence-corrected chi connectivity index (χ1v) is 14.0. The van der Waals surface area contributed by atoms with Crippen molar-refractivity contribution in [3.8, 4) is 56.4 Å². The van der Waals surface area contributed by atoms with Gasteiger partial charge in [0.1, 0.15) is 11.2 Å². The molecule has 0 saturated carbocycles. The minimum atomic E-state index is -0.869. The van der Waals surface area contributed by atoms with E-state index in [-0.39, 0.29) is 33.3 Å². The molecule has 4 nitrogen and oxygen atoms in total. The van der Waals surface area contributed by atoms with E-state index in [0.29, 0.717) is 10.8 Å². The summed E-state index contributed by atoms with van der Waals surface area (Å²) in [4.78, 5) is 13.6. The molecule has 0 amide bonds. The van der Waals surface area contributed by atoms with Crippen molar-refractivity contribution in [2.45, 2.75) is 0 Å². The molecule has 7 aromatic carbocycles. The van der Waals surface area contributed by atoms with Crippen LogP contribution in [0.5, 0.6) is 0 Å². The lowest BCUT2D eigenvalue weighted by molar-refractivity contribution is 0.669. The average molecular weight is 623 g/mol. The summed E-state index contributed by atoms with van der Waals surface area (Å²) >= 11 is 0. The van der Waals surface area contributed by atoms with Crippen molar-refractivity contribution in [3.05, 3.63) is 163 Å². The van der Waals surface area contributed by atoms with Crippen molar-refractivity contribution < 1.29 is 33.2 Å². The van der Waals surface area contributed by atoms with Crippen LogP contribution < -0.4 is 0 Å². The number of rotatable bonds is 5. The molecule has 47 heavy (non-hydrogen) atoms. The van der Waals surface area contributed by atoms with Crippen LogP contribution in [0.1, 0.15) is 28.8 Å². The number of nitrogens with zero attached hydrogens (tertiary/aromatic N) is 3. The Bertz CT molecular complexity index is 3720. The van der Waals surface area contributed by atoms with Gasteiger partial charge in [-0.05, 0) is 57.2 Å². The van der Waals surface area contributed by atoms with E-state index in [1.807, 2.05) is 0 Å². The maximum Gasteiger partial charge on any atom is 0.164 e. The monoisotopic (exact) mass is 622 g/mol. The second kappa shape index (κ2) is 11.2. The van der Waals surface area contributed by atoms with Crippen LogP contribution in [0.15, 0.2) is 168 Å². The Hall–Kier alpha value is -6.39. The van der Waals surface area contributed by atoms with Gasteiger partial charge in [0.05, 0.1) is 28.8 Å². The molecule has 0 bridgehead atoms. The summed E-state index contributed by atoms with van der Waals surface area (Å²) in [6, 6.07) is -5.28. The molecule has 0 aliphatic heterocycles. The molecule has 0 spiro atoms. The van der Waals surface area contributed by atoms with Gasteiger partial charge in [-0.3, -0.25) is 0 Å². The molecule has 9 rings (SSSR count). The maximum atomic E-state index is 9.65. The van der Waals surface area contributed by atoms with Crippen molar-refractivity contribution >= 4 is 32.7 Å². The van der Waals surface area contributed by atoms with Gasteiger partial charge in [-0.25, -0.2) is 15.0 Å². The summed E-state index contributed by atoms with van der Waals surface area (Å²) in [6.45, 7) is 0. The van der Waals surface area contributed by atoms with Crippen molar-refractivity contribution in [1.82, 2.24) is 15.0 Å². The minimum absolute atomic E-state index is 0.0770. The van der Waals surface area contributed by atoms with Crippen LogP contribution in [0.2, 0.25) is 0 Å². The van der Waals surface area contributed by atoms with Crippen LogP contribution in [-0.4, -0.2) is 15.0 Å². The first-order valence-electron chi connectivity index (χ1n) is 24.5. The summed E-state index contributed by atoms with van der Waals surface area (Å²) in [7, 11) is 0. The van der Waals surface area contributed by atoms with Crippen molar-refractivity contribution in [2.24, 2.45) is 0 Å². The molecule has 0 saturated heterocycles. The largest absolute Gasteiger partial charge is 0.456 e. The summed E-state index contributed by atoms with van der Waals surface area (Å²) < 4.78 is 187. The lowest BCUT2D eigenvalue weighted by Crippen LogP contribution is -2.00. The van der Waals surface area contributed by atoms with Crippen molar-refractivity contribution in [3.63, 3.8) is 0 Å². The van der Waals surface area contributed by atoms with Gasteiger partial charge in [0, 0.05) is 27.5 Å². The fraction of sp³-hybridized carbons (Fsp3) is 0. The van der Waals surface area contributed by atoms with E-state index in [4.69, 9.17) is 31.8 Å². The van der Waals surface area contributed by atoms with Gasteiger partial charge in [0.25, 0.3) is 0 Å². The molecule has 2 heterocycles. The molecule has 0 N–H and O–H groups in total. The highest BCUT2D eigenvalue weighted by Crippen LogP contribution is 2.38. The molecule has 0 aliphatic carbocycles. The van der Waals surface area contributed by atoms with Gasteiger partial charge < -0.3 is 4.42 Å². The Balaban J connectivity index is 1.38. The van der Waals surface area contributed by atoms with Crippen molar-refractivity contribution in [1.29, 1.82) is 0 Å². The van der Waals surface area contributed by atoms with E-state index in [1.165, 1.54) is 6.07 Å². The number of aromatic nitrogens is 3. The molecule has 0 aliphatic rings. The fourth-order valence-corrected chi connectivity index (χ4v) is 5.24. The number of furan rings is 1. The zero-order valence-corrected chi connectivity index (χ0v) is 23.7. The molecule has 2 aromatic heterocycles. The van der Waals surface area contributed by atoms with Crippen LogP contribution in [0.25, 0.3) is 89.1 Å². The highest BCUT2D eigenvalue weighted by Gasteiger charge is 2.17. The van der Waals surface area contributed by atoms with Crippen LogP contribution in [0.3, 0.4) is 0 Å². The summed E-state index contributed by atoms with van der Waals surface area (Å²) in [5, 5.41) is 0.111. The van der Waals surface area contributed by atoms with Gasteiger partial charge in [-0.2, -0.15) is 0 Å². The summed E-state index contributed by atoms with van der Waals surface area (Å²) in [5.74, 6) is -1.42. The average Bonchev–Trinajstić information content (AvgIpc) is 3.73. The zero-order valence-electron chi connectivity index (χ0n) is 44.7. The third kappa shape index (κ3) is 4.84. The Morgan fingerprint density at radius 3 is 1.96 bits per heavy atom. The number of hydrogen-bond acceptors (Lipinski definition) is 4. The van der Waals surface area contributed by atoms with Gasteiger partial charge in [0.15, 0.2) is 17.5 Å². The predicted octanol–water partition coefficient (Wildman–Crippen LogP) is 11.3. The molecular formula is C43H27N3O. The van der Waals surface area contributed by atoms with Crippen LogP contribution in [0.4, 0.5) is 0 Å². The fourth-order valence-electron chi connectivity index (χ4n) is 5.24. The van der Waals surface area contributed by atoms with Gasteiger partial charge in [0.2, 0.25) is 0 Å². The van der Waals surface area contributed by atoms with E-state index >= 15 is 0 Å². The first-order chi connectivity index (χ1) is 32.0. The van der Waals surface area contributed by atoms with Gasteiger partial charge in [-0.15, -0.1) is 0 Å². The lowest BCUT2D eigenvalue weighted by atomic mass is 9.97. The zero-order chi connectivity index (χ0) is 49.4. The molecule has 0 unspecified atom stereocenters. The summed E-state index contributed by atoms with van der Waals surface area (Å²) in [6.07, 6.45) is 0. The highest BCUT2D eigenvalue weighted by molar-refractivity contribution is 6.12. The predicted molar refractivity (Wildman–Crippen MR) is 192 cm³/mol. The topological polar surface area (TPSA) is 51.8 Å². The molecule has 4 heteroatoms. The summed E-state index contributed by atoms with van der Waals surface area (Å²) in [5.41, 5.74) is -2.83. The standard InChI is InChI=1S/C43H27N3O/c1-3-12-28(13-4-1)30-24-25-34-31(26-30)17-10-21-36(34)43-45-41(29-14-5-2-6-15-29)44-42(46-43)33-18-9-16-32(27-33)35-20-11-23-39-40(35)37-19-7-8-22-38(37)47-39/h1-27H/i1D,2D,3D,4D,5D,6D,7D,8D,9D,11D,12D,13D,14D,15D,16D,18D,19D,20D,22D,23D,27D. The van der Waals surface area contributed by atoms with E-state index in [2.05, 4.69) is 15.0 Å². The Labute approximate surface area is 301 Å². The SMILES string of the molecule is [2H]c1c([2H])c([2H])c(-c2ccc3c(-c4nc(-c5c([2H])c([2H])c([2H])c([2H])c5[2H])nc(-c5c([2H])c([2H])c([2H])c(-c6c([2H])c([2H])c([2H])c7oc8c([2H])c([2H])c([2H])c([2H])c8c67)c5[2H])n4)cccc3c2)c([2H])c1[2H]. The Kier molecular flexibility index (Phi) is 3.13. The number of para-hydroxylation sites is 1. The second-order valence-electron chi connectivity index (χ2n) is 10.1. The van der Waals surface area contributed by atoms with Gasteiger partial charge >= 0.3 is 0 Å². The quantitative estimate of drug-likeness (QED) is 0.192. The first kappa shape index (κ1) is 13.1. The Morgan fingerprint density at radius 2 is 1.11 bits per heavy atom. The van der Waals surface area contributed by atoms with Crippen molar-refractivity contribution in [2.75, 3.05) is 0 Å². The van der Waals surface area contributed by atoms with E-state index in [9.17, 15) is 1.37 Å². The van der Waals surface area contributed by atoms with Crippen LogP contribution in [0, 0.1) is 0 Å². The van der Waals surface area contributed by atoms with Crippen LogP contribution in [-0.2, 0) is 0 Å². The maximum absolute atomic E-state index is 9.65. The molecule has 0 atom stereocenters. The third-order valence-corrected chi connectivity index (χ3v) is 7.32. The molecule has 220 valence electrons. The molecular weight excluding hydrogens is 574 g/mol. The third-order valence-electron chi connectivity index (χ3n) is 7.32. The number of benzene rings is 7. The normalized spacial score (nSPS) is 17.7. The smallest absolute Gasteiger partial charge is 0.164 e. The van der Waals surface area contributed by atoms with E-state index in [1.54, 1.807) is 30.3 Å². The minimum Gasteiger partial charge on any atom is -0.456 e. The molecule has 0 fully saturated rings. The van der Waals surface area contributed by atoms with E-state index in [0.717, 1.165) is 0 Å².